The van der Waals surface area contributed by atoms with Crippen molar-refractivity contribution in [2.24, 2.45) is 0 Å². The predicted octanol–water partition coefficient (Wildman–Crippen LogP) is 3.15. The lowest BCUT2D eigenvalue weighted by atomic mass is 9.88. The van der Waals surface area contributed by atoms with Crippen LogP contribution in [0.25, 0.3) is 0 Å². The second-order valence-electron chi connectivity index (χ2n) is 5.43. The van der Waals surface area contributed by atoms with E-state index in [1.807, 2.05) is 25.6 Å². The van der Waals surface area contributed by atoms with E-state index in [2.05, 4.69) is 21.5 Å². The van der Waals surface area contributed by atoms with Gasteiger partial charge in [0.05, 0.1) is 0 Å². The van der Waals surface area contributed by atoms with E-state index in [0.29, 0.717) is 10.6 Å². The van der Waals surface area contributed by atoms with Crippen molar-refractivity contribution in [3.63, 3.8) is 0 Å². The summed E-state index contributed by atoms with van der Waals surface area (Å²) < 4.78 is 0.359. The Balaban J connectivity index is 2.09. The normalized spacial score (nSPS) is 18.3. The molecule has 1 fully saturated rings. The highest BCUT2D eigenvalue weighted by molar-refractivity contribution is 8.00. The molecule has 0 aliphatic heterocycles. The summed E-state index contributed by atoms with van der Waals surface area (Å²) in [6, 6.07) is 0. The quantitative estimate of drug-likeness (QED) is 0.887. The van der Waals surface area contributed by atoms with E-state index in [0.717, 1.165) is 23.8 Å². The first-order valence-corrected chi connectivity index (χ1v) is 8.18. The minimum absolute atomic E-state index is 0.359. The highest BCUT2D eigenvalue weighted by atomic mass is 32.2. The number of aryl methyl sites for hydroxylation is 1. The highest BCUT2D eigenvalue weighted by Gasteiger charge is 2.31. The second-order valence-corrected chi connectivity index (χ2v) is 6.71. The molecule has 5 heteroatoms. The van der Waals surface area contributed by atoms with Crippen LogP contribution in [-0.2, 0) is 0 Å². The highest BCUT2D eigenvalue weighted by Crippen LogP contribution is 2.38. The molecule has 0 spiro atoms. The van der Waals surface area contributed by atoms with Crippen molar-refractivity contribution in [3.8, 4) is 0 Å². The minimum Gasteiger partial charge on any atom is -0.383 e. The first-order chi connectivity index (χ1) is 9.06. The van der Waals surface area contributed by atoms with Crippen molar-refractivity contribution in [1.82, 2.24) is 9.97 Å². The van der Waals surface area contributed by atoms with E-state index < -0.39 is 0 Å². The molecule has 2 rings (SSSR count). The third-order valence-corrected chi connectivity index (χ3v) is 5.49. The fourth-order valence-electron chi connectivity index (χ4n) is 2.72. The smallest absolute Gasteiger partial charge is 0.134 e. The first kappa shape index (κ1) is 14.4. The lowest BCUT2D eigenvalue weighted by molar-refractivity contribution is 0.411. The van der Waals surface area contributed by atoms with E-state index in [1.165, 1.54) is 32.1 Å². The molecule has 0 unspecified atom stereocenters. The Morgan fingerprint density at radius 1 is 1.21 bits per heavy atom. The van der Waals surface area contributed by atoms with Gasteiger partial charge in [0.25, 0.3) is 0 Å². The predicted molar refractivity (Wildman–Crippen MR) is 83.7 cm³/mol. The van der Waals surface area contributed by atoms with E-state index in [9.17, 15) is 0 Å². The number of nitrogen functional groups attached to an aromatic ring is 1. The van der Waals surface area contributed by atoms with Crippen molar-refractivity contribution in [1.29, 1.82) is 0 Å². The van der Waals surface area contributed by atoms with E-state index >= 15 is 0 Å². The zero-order chi connectivity index (χ0) is 13.9. The van der Waals surface area contributed by atoms with Gasteiger partial charge in [0.1, 0.15) is 17.5 Å². The van der Waals surface area contributed by atoms with Crippen LogP contribution in [-0.4, -0.2) is 27.5 Å². The molecule has 19 heavy (non-hydrogen) atoms. The molecular weight excluding hydrogens is 256 g/mol. The summed E-state index contributed by atoms with van der Waals surface area (Å²) in [4.78, 5) is 8.66. The standard InChI is InChI=1S/C14H24N4S/c1-10-12(15)17-11(2)18-13(10)16-9-14(19-3)7-5-4-6-8-14/h4-9H2,1-3H3,(H3,15,16,17,18). The molecule has 4 nitrogen and oxygen atoms in total. The summed E-state index contributed by atoms with van der Waals surface area (Å²) in [5, 5.41) is 3.50. The molecule has 0 atom stereocenters. The molecule has 0 radical (unpaired) electrons. The van der Waals surface area contributed by atoms with Gasteiger partial charge in [0.15, 0.2) is 0 Å². The lowest BCUT2D eigenvalue weighted by Gasteiger charge is -2.36. The molecule has 1 heterocycles. The van der Waals surface area contributed by atoms with Crippen molar-refractivity contribution < 1.29 is 0 Å². The van der Waals surface area contributed by atoms with Crippen LogP contribution in [0.1, 0.15) is 43.5 Å². The summed E-state index contributed by atoms with van der Waals surface area (Å²) in [5.74, 6) is 2.20. The Morgan fingerprint density at radius 2 is 1.89 bits per heavy atom. The maximum absolute atomic E-state index is 5.90. The topological polar surface area (TPSA) is 63.8 Å². The molecule has 1 aliphatic carbocycles. The van der Waals surface area contributed by atoms with Crippen molar-refractivity contribution in [2.45, 2.75) is 50.7 Å². The maximum atomic E-state index is 5.90. The number of nitrogens with one attached hydrogen (secondary N) is 1. The number of thioether (sulfide) groups is 1. The molecule has 1 aliphatic rings. The summed E-state index contributed by atoms with van der Waals surface area (Å²) in [6.45, 7) is 4.82. The van der Waals surface area contributed by atoms with Crippen LogP contribution in [0, 0.1) is 13.8 Å². The number of hydrogen-bond acceptors (Lipinski definition) is 5. The molecule has 1 aromatic heterocycles. The Labute approximate surface area is 120 Å². The summed E-state index contributed by atoms with van der Waals surface area (Å²) in [5.41, 5.74) is 6.86. The maximum Gasteiger partial charge on any atom is 0.134 e. The Hall–Kier alpha value is -0.970. The summed E-state index contributed by atoms with van der Waals surface area (Å²) >= 11 is 1.99. The van der Waals surface area contributed by atoms with Crippen LogP contribution in [0.2, 0.25) is 0 Å². The minimum atomic E-state index is 0.359. The van der Waals surface area contributed by atoms with Gasteiger partial charge >= 0.3 is 0 Å². The van der Waals surface area contributed by atoms with Crippen molar-refractivity contribution in [2.75, 3.05) is 23.9 Å². The van der Waals surface area contributed by atoms with Gasteiger partial charge in [-0.1, -0.05) is 19.3 Å². The van der Waals surface area contributed by atoms with Crippen LogP contribution in [0.15, 0.2) is 0 Å². The van der Waals surface area contributed by atoms with Gasteiger partial charge in [-0.25, -0.2) is 9.97 Å². The zero-order valence-electron chi connectivity index (χ0n) is 12.1. The van der Waals surface area contributed by atoms with Gasteiger partial charge in [0, 0.05) is 16.9 Å². The van der Waals surface area contributed by atoms with Crippen LogP contribution in [0.3, 0.4) is 0 Å². The monoisotopic (exact) mass is 280 g/mol. The number of anilines is 2. The number of nitrogens with zero attached hydrogens (tertiary/aromatic N) is 2. The molecule has 0 bridgehead atoms. The Morgan fingerprint density at radius 3 is 2.53 bits per heavy atom. The van der Waals surface area contributed by atoms with E-state index in [-0.39, 0.29) is 0 Å². The number of hydrogen-bond donors (Lipinski definition) is 2. The molecular formula is C14H24N4S. The zero-order valence-corrected chi connectivity index (χ0v) is 12.9. The first-order valence-electron chi connectivity index (χ1n) is 6.96. The molecule has 1 saturated carbocycles. The fourth-order valence-corrected chi connectivity index (χ4v) is 3.63. The number of nitrogens with two attached hydrogens (primary N) is 1. The summed E-state index contributed by atoms with van der Waals surface area (Å²) in [6.07, 6.45) is 8.86. The lowest BCUT2D eigenvalue weighted by Crippen LogP contribution is -2.36. The average molecular weight is 280 g/mol. The molecule has 0 aromatic carbocycles. The number of rotatable bonds is 4. The van der Waals surface area contributed by atoms with Crippen LogP contribution < -0.4 is 11.1 Å². The van der Waals surface area contributed by atoms with E-state index in [1.54, 1.807) is 0 Å². The van der Waals surface area contributed by atoms with Crippen LogP contribution >= 0.6 is 11.8 Å². The van der Waals surface area contributed by atoms with Gasteiger partial charge in [-0.05, 0) is 32.9 Å². The van der Waals surface area contributed by atoms with Crippen molar-refractivity contribution in [3.05, 3.63) is 11.4 Å². The van der Waals surface area contributed by atoms with E-state index in [4.69, 9.17) is 5.73 Å². The van der Waals surface area contributed by atoms with Gasteiger partial charge < -0.3 is 11.1 Å². The van der Waals surface area contributed by atoms with Gasteiger partial charge in [0.2, 0.25) is 0 Å². The summed E-state index contributed by atoms with van der Waals surface area (Å²) in [7, 11) is 0. The van der Waals surface area contributed by atoms with Crippen LogP contribution in [0.5, 0.6) is 0 Å². The Kier molecular flexibility index (Phi) is 4.55. The third kappa shape index (κ3) is 3.32. The second kappa shape index (κ2) is 5.99. The number of aromatic nitrogens is 2. The average Bonchev–Trinajstić information content (AvgIpc) is 2.42. The molecule has 3 N–H and O–H groups in total. The van der Waals surface area contributed by atoms with Crippen LogP contribution in [0.4, 0.5) is 11.6 Å². The van der Waals surface area contributed by atoms with Gasteiger partial charge in [-0.3, -0.25) is 0 Å². The molecule has 0 amide bonds. The molecule has 106 valence electrons. The van der Waals surface area contributed by atoms with Gasteiger partial charge in [-0.15, -0.1) is 0 Å². The third-order valence-electron chi connectivity index (χ3n) is 4.07. The van der Waals surface area contributed by atoms with Crippen molar-refractivity contribution >= 4 is 23.4 Å². The molecule has 0 saturated heterocycles. The van der Waals surface area contributed by atoms with Gasteiger partial charge in [-0.2, -0.15) is 11.8 Å². The Bertz CT molecular complexity index is 441. The fraction of sp³-hybridized carbons (Fsp3) is 0.714. The molecule has 1 aromatic rings. The largest absolute Gasteiger partial charge is 0.383 e. The SMILES string of the molecule is CSC1(CNc2nc(C)nc(N)c2C)CCCCC1.